The Hall–Kier alpha value is -0.550. The van der Waals surface area contributed by atoms with Crippen LogP contribution in [0.2, 0.25) is 10.0 Å². The molecular weight excluding hydrogens is 349 g/mol. The second-order valence-corrected chi connectivity index (χ2v) is 5.98. The number of nitrogens with one attached hydrogen (secondary N) is 1. The molecule has 6 heteroatoms. The number of rotatable bonds is 4. The Labute approximate surface area is 131 Å². The van der Waals surface area contributed by atoms with E-state index >= 15 is 0 Å². The number of aryl methyl sites for hydroxylation is 1. The van der Waals surface area contributed by atoms with Crippen LogP contribution in [0, 0.1) is 0 Å². The van der Waals surface area contributed by atoms with E-state index in [9.17, 15) is 0 Å². The molecule has 0 aliphatic heterocycles. The van der Waals surface area contributed by atoms with Gasteiger partial charge in [-0.3, -0.25) is 4.68 Å². The molecule has 1 aromatic carbocycles. The van der Waals surface area contributed by atoms with Gasteiger partial charge in [-0.05, 0) is 47.1 Å². The summed E-state index contributed by atoms with van der Waals surface area (Å²) >= 11 is 15.7. The third-order valence-electron chi connectivity index (χ3n) is 3.06. The molecule has 1 N–H and O–H groups in total. The summed E-state index contributed by atoms with van der Waals surface area (Å²) in [7, 11) is 3.85. The molecule has 0 aliphatic carbocycles. The van der Waals surface area contributed by atoms with E-state index in [4.69, 9.17) is 23.2 Å². The highest BCUT2D eigenvalue weighted by Crippen LogP contribution is 2.29. The number of aromatic nitrogens is 2. The lowest BCUT2D eigenvalue weighted by atomic mass is 10.0. The first-order valence-corrected chi connectivity index (χ1v) is 7.36. The van der Waals surface area contributed by atoms with Crippen LogP contribution < -0.4 is 5.32 Å². The number of benzene rings is 1. The van der Waals surface area contributed by atoms with E-state index in [0.717, 1.165) is 22.2 Å². The van der Waals surface area contributed by atoms with Gasteiger partial charge in [0.05, 0.1) is 22.4 Å². The van der Waals surface area contributed by atoms with Gasteiger partial charge in [0.15, 0.2) is 0 Å². The number of hydrogen-bond acceptors (Lipinski definition) is 2. The van der Waals surface area contributed by atoms with Gasteiger partial charge < -0.3 is 5.32 Å². The van der Waals surface area contributed by atoms with Crippen LogP contribution >= 0.6 is 39.1 Å². The summed E-state index contributed by atoms with van der Waals surface area (Å²) in [5, 5.41) is 8.87. The van der Waals surface area contributed by atoms with Crippen molar-refractivity contribution in [3.8, 4) is 0 Å². The van der Waals surface area contributed by atoms with Gasteiger partial charge in [-0.15, -0.1) is 0 Å². The van der Waals surface area contributed by atoms with Crippen molar-refractivity contribution in [2.24, 2.45) is 7.05 Å². The highest BCUT2D eigenvalue weighted by Gasteiger charge is 2.18. The van der Waals surface area contributed by atoms with E-state index < -0.39 is 0 Å². The molecular formula is C13H14BrCl2N3. The molecule has 1 unspecified atom stereocenters. The van der Waals surface area contributed by atoms with Crippen molar-refractivity contribution >= 4 is 39.1 Å². The molecule has 19 heavy (non-hydrogen) atoms. The lowest BCUT2D eigenvalue weighted by Crippen LogP contribution is -2.22. The molecule has 1 heterocycles. The summed E-state index contributed by atoms with van der Waals surface area (Å²) in [6.07, 6.45) is 2.56. The molecule has 2 aromatic rings. The van der Waals surface area contributed by atoms with Gasteiger partial charge >= 0.3 is 0 Å². The van der Waals surface area contributed by atoms with Gasteiger partial charge in [0.1, 0.15) is 0 Å². The molecule has 0 radical (unpaired) electrons. The largest absolute Gasteiger partial charge is 0.311 e. The predicted molar refractivity (Wildman–Crippen MR) is 82.9 cm³/mol. The molecule has 2 rings (SSSR count). The number of likely N-dealkylation sites (N-methyl/N-ethyl adjacent to an activating group) is 1. The van der Waals surface area contributed by atoms with Crippen molar-refractivity contribution in [1.29, 1.82) is 0 Å². The second-order valence-electron chi connectivity index (χ2n) is 4.28. The Morgan fingerprint density at radius 1 is 1.42 bits per heavy atom. The Morgan fingerprint density at radius 3 is 2.68 bits per heavy atom. The lowest BCUT2D eigenvalue weighted by Gasteiger charge is -2.18. The van der Waals surface area contributed by atoms with Crippen LogP contribution in [0.25, 0.3) is 0 Å². The van der Waals surface area contributed by atoms with Gasteiger partial charge in [-0.25, -0.2) is 0 Å². The molecule has 3 nitrogen and oxygen atoms in total. The maximum Gasteiger partial charge on any atom is 0.0695 e. The predicted octanol–water partition coefficient (Wildman–Crippen LogP) is 3.99. The van der Waals surface area contributed by atoms with E-state index in [1.54, 1.807) is 12.3 Å². The summed E-state index contributed by atoms with van der Waals surface area (Å²) < 4.78 is 2.84. The topological polar surface area (TPSA) is 29.9 Å². The normalized spacial score (nSPS) is 12.7. The van der Waals surface area contributed by atoms with Gasteiger partial charge in [-0.1, -0.05) is 29.3 Å². The summed E-state index contributed by atoms with van der Waals surface area (Å²) in [6.45, 7) is 0. The van der Waals surface area contributed by atoms with E-state index in [1.165, 1.54) is 0 Å². The van der Waals surface area contributed by atoms with Crippen molar-refractivity contribution in [2.45, 2.75) is 12.5 Å². The molecule has 0 aliphatic rings. The maximum absolute atomic E-state index is 6.23. The van der Waals surface area contributed by atoms with Crippen LogP contribution in [-0.2, 0) is 13.5 Å². The van der Waals surface area contributed by atoms with Crippen LogP contribution in [0.3, 0.4) is 0 Å². The Balaban J connectivity index is 2.29. The van der Waals surface area contributed by atoms with Crippen molar-refractivity contribution in [1.82, 2.24) is 15.1 Å². The summed E-state index contributed by atoms with van der Waals surface area (Å²) in [4.78, 5) is 0. The van der Waals surface area contributed by atoms with Crippen molar-refractivity contribution in [2.75, 3.05) is 7.05 Å². The van der Waals surface area contributed by atoms with Crippen LogP contribution in [0.5, 0.6) is 0 Å². The van der Waals surface area contributed by atoms with Gasteiger partial charge in [0.2, 0.25) is 0 Å². The second kappa shape index (κ2) is 6.27. The highest BCUT2D eigenvalue weighted by atomic mass is 79.9. The minimum atomic E-state index is 0.126. The highest BCUT2D eigenvalue weighted by molar-refractivity contribution is 9.10. The molecule has 1 atom stereocenters. The zero-order valence-corrected chi connectivity index (χ0v) is 13.7. The van der Waals surface area contributed by atoms with E-state index in [-0.39, 0.29) is 6.04 Å². The average Bonchev–Trinajstić information content (AvgIpc) is 2.69. The number of hydrogen-bond donors (Lipinski definition) is 1. The Kier molecular flexibility index (Phi) is 4.90. The first-order chi connectivity index (χ1) is 9.02. The maximum atomic E-state index is 6.23. The third-order valence-corrected chi connectivity index (χ3v) is 4.25. The number of halogens is 3. The van der Waals surface area contributed by atoms with Gasteiger partial charge in [0, 0.05) is 17.1 Å². The van der Waals surface area contributed by atoms with Gasteiger partial charge in [0.25, 0.3) is 0 Å². The quantitative estimate of drug-likeness (QED) is 0.890. The lowest BCUT2D eigenvalue weighted by molar-refractivity contribution is 0.535. The number of nitrogens with zero attached hydrogens (tertiary/aromatic N) is 2. The minimum Gasteiger partial charge on any atom is -0.311 e. The fraction of sp³-hybridized carbons (Fsp3) is 0.308. The molecule has 1 aromatic heterocycles. The minimum absolute atomic E-state index is 0.126. The van der Waals surface area contributed by atoms with Crippen LogP contribution in [0.4, 0.5) is 0 Å². The van der Waals surface area contributed by atoms with E-state index in [0.29, 0.717) is 10.0 Å². The standard InChI is InChI=1S/C13H14BrCl2N3/c1-17-12(13-10(14)7-18-19(13)2)5-8-3-4-9(15)6-11(8)16/h3-4,6-7,12,17H,5H2,1-2H3. The van der Waals surface area contributed by atoms with Crippen LogP contribution in [-0.4, -0.2) is 16.8 Å². The zero-order chi connectivity index (χ0) is 14.0. The smallest absolute Gasteiger partial charge is 0.0695 e. The van der Waals surface area contributed by atoms with Crippen LogP contribution in [0.1, 0.15) is 17.3 Å². The Bertz CT molecular complexity index is 564. The zero-order valence-electron chi connectivity index (χ0n) is 10.6. The monoisotopic (exact) mass is 361 g/mol. The third kappa shape index (κ3) is 3.31. The van der Waals surface area contributed by atoms with Crippen molar-refractivity contribution in [3.05, 3.63) is 50.2 Å². The van der Waals surface area contributed by atoms with E-state index in [2.05, 4.69) is 26.3 Å². The van der Waals surface area contributed by atoms with Crippen molar-refractivity contribution in [3.63, 3.8) is 0 Å². The molecule has 102 valence electrons. The van der Waals surface area contributed by atoms with Crippen LogP contribution in [0.15, 0.2) is 28.9 Å². The van der Waals surface area contributed by atoms with E-state index in [1.807, 2.05) is 30.9 Å². The molecule has 0 fully saturated rings. The molecule has 0 bridgehead atoms. The van der Waals surface area contributed by atoms with Crippen molar-refractivity contribution < 1.29 is 0 Å². The average molecular weight is 363 g/mol. The fourth-order valence-corrected chi connectivity index (χ4v) is 3.16. The van der Waals surface area contributed by atoms with Gasteiger partial charge in [-0.2, -0.15) is 5.10 Å². The molecule has 0 amide bonds. The Morgan fingerprint density at radius 2 is 2.16 bits per heavy atom. The molecule has 0 spiro atoms. The molecule has 0 saturated heterocycles. The first-order valence-electron chi connectivity index (χ1n) is 5.81. The SMILES string of the molecule is CNC(Cc1ccc(Cl)cc1Cl)c1c(Br)cnn1C. The molecule has 0 saturated carbocycles. The summed E-state index contributed by atoms with van der Waals surface area (Å²) in [5.41, 5.74) is 2.15. The fourth-order valence-electron chi connectivity index (χ4n) is 2.05. The summed E-state index contributed by atoms with van der Waals surface area (Å²) in [5.74, 6) is 0. The summed E-state index contributed by atoms with van der Waals surface area (Å²) in [6, 6.07) is 5.71. The first kappa shape index (κ1) is 14.9.